The number of benzene rings is 1. The van der Waals surface area contributed by atoms with Crippen molar-refractivity contribution in [3.63, 3.8) is 0 Å². The molecule has 1 aromatic rings. The third-order valence-electron chi connectivity index (χ3n) is 2.95. The quantitative estimate of drug-likeness (QED) is 0.586. The van der Waals surface area contributed by atoms with Crippen molar-refractivity contribution < 1.29 is 4.74 Å². The summed E-state index contributed by atoms with van der Waals surface area (Å²) in [5.74, 6) is 0.726. The van der Waals surface area contributed by atoms with E-state index in [1.54, 1.807) is 12.1 Å². The Hall–Kier alpha value is -1.69. The van der Waals surface area contributed by atoms with Crippen molar-refractivity contribution in [1.29, 1.82) is 5.26 Å². The highest BCUT2D eigenvalue weighted by atomic mass is 16.5. The monoisotopic (exact) mass is 246 g/mol. The van der Waals surface area contributed by atoms with Crippen LogP contribution in [-0.2, 0) is 0 Å². The molecule has 1 unspecified atom stereocenters. The van der Waals surface area contributed by atoms with Crippen LogP contribution in [0.1, 0.15) is 51.5 Å². The average Bonchev–Trinajstić information content (AvgIpc) is 2.37. The van der Waals surface area contributed by atoms with Crippen molar-refractivity contribution in [3.8, 4) is 11.8 Å². The van der Waals surface area contributed by atoms with Crippen LogP contribution in [0.5, 0.6) is 5.75 Å². The number of unbranched alkanes of at least 4 members (excludes halogenated alkanes) is 3. The van der Waals surface area contributed by atoms with Gasteiger partial charge in [0.25, 0.3) is 0 Å². The number of nitrogens with two attached hydrogens (primary N) is 1. The van der Waals surface area contributed by atoms with Crippen LogP contribution in [-0.4, -0.2) is 6.10 Å². The number of nitriles is 1. The molecule has 0 fully saturated rings. The SMILES string of the molecule is CCCCCCC(C)Oc1ccc(N)c(C#N)c1. The number of ether oxygens (including phenoxy) is 1. The zero-order valence-corrected chi connectivity index (χ0v) is 11.3. The summed E-state index contributed by atoms with van der Waals surface area (Å²) in [6.07, 6.45) is 6.21. The topological polar surface area (TPSA) is 59.0 Å². The molecule has 3 heteroatoms. The first-order valence-corrected chi connectivity index (χ1v) is 6.63. The Morgan fingerprint density at radius 2 is 2.11 bits per heavy atom. The fourth-order valence-corrected chi connectivity index (χ4v) is 1.86. The molecule has 0 aliphatic heterocycles. The molecule has 0 aliphatic rings. The summed E-state index contributed by atoms with van der Waals surface area (Å²) in [5.41, 5.74) is 6.64. The van der Waals surface area contributed by atoms with Crippen molar-refractivity contribution in [3.05, 3.63) is 23.8 Å². The lowest BCUT2D eigenvalue weighted by atomic mass is 10.1. The average molecular weight is 246 g/mol. The van der Waals surface area contributed by atoms with E-state index in [-0.39, 0.29) is 6.10 Å². The Bertz CT molecular complexity index is 409. The van der Waals surface area contributed by atoms with Crippen LogP contribution in [0.4, 0.5) is 5.69 Å². The normalized spacial score (nSPS) is 11.8. The number of hydrogen-bond donors (Lipinski definition) is 1. The molecular formula is C15H22N2O. The van der Waals surface area contributed by atoms with Crippen LogP contribution in [0.2, 0.25) is 0 Å². The fourth-order valence-electron chi connectivity index (χ4n) is 1.86. The molecule has 0 spiro atoms. The molecule has 1 aromatic carbocycles. The van der Waals surface area contributed by atoms with Crippen molar-refractivity contribution >= 4 is 5.69 Å². The first-order chi connectivity index (χ1) is 8.67. The zero-order chi connectivity index (χ0) is 13.4. The summed E-state index contributed by atoms with van der Waals surface area (Å²) >= 11 is 0. The van der Waals surface area contributed by atoms with Gasteiger partial charge in [-0.05, 0) is 38.0 Å². The van der Waals surface area contributed by atoms with E-state index in [0.29, 0.717) is 11.3 Å². The van der Waals surface area contributed by atoms with E-state index < -0.39 is 0 Å². The van der Waals surface area contributed by atoms with E-state index in [4.69, 9.17) is 15.7 Å². The van der Waals surface area contributed by atoms with Crippen LogP contribution < -0.4 is 10.5 Å². The van der Waals surface area contributed by atoms with Crippen LogP contribution in [0.15, 0.2) is 18.2 Å². The number of nitrogen functional groups attached to an aromatic ring is 1. The Labute approximate surface area is 110 Å². The van der Waals surface area contributed by atoms with Crippen molar-refractivity contribution in [2.45, 2.75) is 52.1 Å². The summed E-state index contributed by atoms with van der Waals surface area (Å²) in [4.78, 5) is 0. The summed E-state index contributed by atoms with van der Waals surface area (Å²) in [6, 6.07) is 7.31. The predicted octanol–water partition coefficient (Wildman–Crippen LogP) is 3.88. The molecule has 18 heavy (non-hydrogen) atoms. The molecule has 0 bridgehead atoms. The van der Waals surface area contributed by atoms with Gasteiger partial charge in [0.15, 0.2) is 0 Å². The highest BCUT2D eigenvalue weighted by Gasteiger charge is 2.06. The van der Waals surface area contributed by atoms with Gasteiger partial charge in [-0.1, -0.05) is 26.2 Å². The molecule has 3 nitrogen and oxygen atoms in total. The van der Waals surface area contributed by atoms with E-state index >= 15 is 0 Å². The van der Waals surface area contributed by atoms with Crippen molar-refractivity contribution in [1.82, 2.24) is 0 Å². The smallest absolute Gasteiger partial charge is 0.121 e. The van der Waals surface area contributed by atoms with Gasteiger partial charge in [0, 0.05) is 5.69 Å². The van der Waals surface area contributed by atoms with Gasteiger partial charge >= 0.3 is 0 Å². The third kappa shape index (κ3) is 4.67. The molecule has 2 N–H and O–H groups in total. The molecule has 0 radical (unpaired) electrons. The number of rotatable bonds is 7. The lowest BCUT2D eigenvalue weighted by Crippen LogP contribution is -2.11. The van der Waals surface area contributed by atoms with E-state index in [2.05, 4.69) is 19.9 Å². The number of nitrogens with zero attached hydrogens (tertiary/aromatic N) is 1. The molecule has 1 atom stereocenters. The van der Waals surface area contributed by atoms with Gasteiger partial charge in [-0.3, -0.25) is 0 Å². The van der Waals surface area contributed by atoms with Gasteiger partial charge in [0.1, 0.15) is 11.8 Å². The predicted molar refractivity (Wildman–Crippen MR) is 74.4 cm³/mol. The number of anilines is 1. The summed E-state index contributed by atoms with van der Waals surface area (Å²) in [6.45, 7) is 4.27. The maximum Gasteiger partial charge on any atom is 0.121 e. The summed E-state index contributed by atoms with van der Waals surface area (Å²) in [7, 11) is 0. The molecule has 1 rings (SSSR count). The molecule has 0 saturated carbocycles. The third-order valence-corrected chi connectivity index (χ3v) is 2.95. The summed E-state index contributed by atoms with van der Waals surface area (Å²) < 4.78 is 5.79. The lowest BCUT2D eigenvalue weighted by Gasteiger charge is -2.15. The maximum atomic E-state index is 8.89. The van der Waals surface area contributed by atoms with Gasteiger partial charge in [-0.15, -0.1) is 0 Å². The zero-order valence-electron chi connectivity index (χ0n) is 11.3. The molecule has 0 saturated heterocycles. The van der Waals surface area contributed by atoms with Crippen LogP contribution >= 0.6 is 0 Å². The maximum absolute atomic E-state index is 8.89. The van der Waals surface area contributed by atoms with Gasteiger partial charge in [-0.2, -0.15) is 5.26 Å². The Balaban J connectivity index is 2.44. The van der Waals surface area contributed by atoms with Gasteiger partial charge < -0.3 is 10.5 Å². The lowest BCUT2D eigenvalue weighted by molar-refractivity contribution is 0.206. The highest BCUT2D eigenvalue weighted by Crippen LogP contribution is 2.21. The number of hydrogen-bond acceptors (Lipinski definition) is 3. The molecule has 98 valence electrons. The Morgan fingerprint density at radius 3 is 2.78 bits per heavy atom. The van der Waals surface area contributed by atoms with Crippen LogP contribution in [0.3, 0.4) is 0 Å². The van der Waals surface area contributed by atoms with Crippen molar-refractivity contribution in [2.24, 2.45) is 0 Å². The molecular weight excluding hydrogens is 224 g/mol. The Morgan fingerprint density at radius 1 is 1.33 bits per heavy atom. The molecule has 0 aromatic heterocycles. The Kier molecular flexibility index (Phi) is 6.07. The molecule has 0 aliphatic carbocycles. The molecule has 0 amide bonds. The van der Waals surface area contributed by atoms with E-state index in [9.17, 15) is 0 Å². The van der Waals surface area contributed by atoms with Crippen LogP contribution in [0, 0.1) is 11.3 Å². The minimum Gasteiger partial charge on any atom is -0.491 e. The van der Waals surface area contributed by atoms with E-state index in [0.717, 1.165) is 12.2 Å². The second kappa shape index (κ2) is 7.60. The van der Waals surface area contributed by atoms with Gasteiger partial charge in [-0.25, -0.2) is 0 Å². The van der Waals surface area contributed by atoms with Gasteiger partial charge in [0.05, 0.1) is 11.7 Å². The first-order valence-electron chi connectivity index (χ1n) is 6.63. The second-order valence-electron chi connectivity index (χ2n) is 4.64. The van der Waals surface area contributed by atoms with E-state index in [1.165, 1.54) is 25.7 Å². The minimum atomic E-state index is 0.178. The standard InChI is InChI=1S/C15H22N2O/c1-3-4-5-6-7-12(2)18-14-8-9-15(17)13(10-14)11-16/h8-10,12H,3-7,17H2,1-2H3. The van der Waals surface area contributed by atoms with Crippen LogP contribution in [0.25, 0.3) is 0 Å². The first kappa shape index (κ1) is 14.4. The van der Waals surface area contributed by atoms with Crippen molar-refractivity contribution in [2.75, 3.05) is 5.73 Å². The minimum absolute atomic E-state index is 0.178. The molecule has 0 heterocycles. The van der Waals surface area contributed by atoms with Gasteiger partial charge in [0.2, 0.25) is 0 Å². The fraction of sp³-hybridized carbons (Fsp3) is 0.533. The largest absolute Gasteiger partial charge is 0.491 e. The summed E-state index contributed by atoms with van der Waals surface area (Å²) in [5, 5.41) is 8.89. The second-order valence-corrected chi connectivity index (χ2v) is 4.64. The van der Waals surface area contributed by atoms with E-state index in [1.807, 2.05) is 6.07 Å². The highest BCUT2D eigenvalue weighted by molar-refractivity contribution is 5.56.